The zero-order valence-corrected chi connectivity index (χ0v) is 17.6. The summed E-state index contributed by atoms with van der Waals surface area (Å²) in [5.74, 6) is -0.253. The number of hydroxylamine groups is 1. The fraction of sp³-hybridized carbons (Fsp3) is 0.250. The van der Waals surface area contributed by atoms with Crippen molar-refractivity contribution in [3.8, 4) is 11.1 Å². The molecule has 2 aromatic heterocycles. The van der Waals surface area contributed by atoms with E-state index in [-0.39, 0.29) is 5.56 Å². The molecule has 3 aromatic rings. The molecule has 0 radical (unpaired) electrons. The molecule has 8 nitrogen and oxygen atoms in total. The molecule has 1 fully saturated rings. The van der Waals surface area contributed by atoms with E-state index in [1.165, 1.54) is 17.9 Å². The first kappa shape index (κ1) is 20.5. The molecule has 0 atom stereocenters. The molecule has 156 valence electrons. The number of anilines is 1. The summed E-state index contributed by atoms with van der Waals surface area (Å²) in [4.78, 5) is 21.9. The molecule has 1 amide bonds. The summed E-state index contributed by atoms with van der Waals surface area (Å²) < 4.78 is 26.1. The number of carbonyl (C=O) groups is 1. The molecule has 1 aliphatic rings. The van der Waals surface area contributed by atoms with E-state index < -0.39 is 21.0 Å². The second kappa shape index (κ2) is 8.50. The first-order valence-corrected chi connectivity index (χ1v) is 11.9. The fourth-order valence-corrected chi connectivity index (χ4v) is 5.89. The molecule has 1 aliphatic heterocycles. The van der Waals surface area contributed by atoms with Crippen LogP contribution in [0.5, 0.6) is 0 Å². The standard InChI is InChI=1S/C20H20N4O4S2/c25-19(23-26)16-11-21-20(22-12-16)24-8-5-18(6-9-24)30(27,28)17-3-1-14(2-4-17)15-7-10-29-13-15/h1-4,7,10-13,18,26H,5-6,8-9H2,(H,23,25). The van der Waals surface area contributed by atoms with Gasteiger partial charge in [0, 0.05) is 25.5 Å². The van der Waals surface area contributed by atoms with E-state index >= 15 is 0 Å². The molecule has 0 spiro atoms. The number of carbonyl (C=O) groups excluding carboxylic acids is 1. The lowest BCUT2D eigenvalue weighted by molar-refractivity contribution is 0.0705. The van der Waals surface area contributed by atoms with E-state index in [4.69, 9.17) is 5.21 Å². The number of benzene rings is 1. The van der Waals surface area contributed by atoms with E-state index in [2.05, 4.69) is 9.97 Å². The Labute approximate surface area is 178 Å². The van der Waals surface area contributed by atoms with E-state index in [0.29, 0.717) is 36.8 Å². The molecule has 10 heteroatoms. The molecule has 0 unspecified atom stereocenters. The van der Waals surface area contributed by atoms with Crippen LogP contribution in [0.3, 0.4) is 0 Å². The van der Waals surface area contributed by atoms with Gasteiger partial charge in [0.1, 0.15) is 0 Å². The van der Waals surface area contributed by atoms with Gasteiger partial charge in [0.25, 0.3) is 5.91 Å². The number of rotatable bonds is 5. The molecular formula is C20H20N4O4S2. The SMILES string of the molecule is O=C(NO)c1cnc(N2CCC(S(=O)(=O)c3ccc(-c4ccsc4)cc3)CC2)nc1. The van der Waals surface area contributed by atoms with Crippen LogP contribution in [0.4, 0.5) is 5.95 Å². The van der Waals surface area contributed by atoms with E-state index in [0.717, 1.165) is 11.1 Å². The Morgan fingerprint density at radius 1 is 1.07 bits per heavy atom. The van der Waals surface area contributed by atoms with Crippen LogP contribution in [0.25, 0.3) is 11.1 Å². The van der Waals surface area contributed by atoms with Gasteiger partial charge in [-0.2, -0.15) is 11.3 Å². The lowest BCUT2D eigenvalue weighted by atomic mass is 10.1. The van der Waals surface area contributed by atoms with Crippen molar-refractivity contribution in [1.29, 1.82) is 0 Å². The molecule has 30 heavy (non-hydrogen) atoms. The number of piperidine rings is 1. The summed E-state index contributed by atoms with van der Waals surface area (Å²) in [6, 6.07) is 9.07. The molecule has 3 heterocycles. The summed E-state index contributed by atoms with van der Waals surface area (Å²) in [5.41, 5.74) is 3.76. The van der Waals surface area contributed by atoms with E-state index in [9.17, 15) is 13.2 Å². The molecule has 1 aromatic carbocycles. The largest absolute Gasteiger partial charge is 0.341 e. The second-order valence-electron chi connectivity index (χ2n) is 6.98. The Hall–Kier alpha value is -2.82. The first-order valence-electron chi connectivity index (χ1n) is 9.37. The fourth-order valence-electron chi connectivity index (χ4n) is 3.49. The van der Waals surface area contributed by atoms with Gasteiger partial charge in [-0.15, -0.1) is 0 Å². The van der Waals surface area contributed by atoms with Gasteiger partial charge in [0.05, 0.1) is 15.7 Å². The van der Waals surface area contributed by atoms with Gasteiger partial charge in [-0.25, -0.2) is 23.9 Å². The molecule has 0 saturated carbocycles. The lowest BCUT2D eigenvalue weighted by Gasteiger charge is -2.31. The minimum absolute atomic E-state index is 0.143. The smallest absolute Gasteiger partial charge is 0.277 e. The van der Waals surface area contributed by atoms with Crippen LogP contribution in [0.15, 0.2) is 58.4 Å². The van der Waals surface area contributed by atoms with Gasteiger partial charge in [0.15, 0.2) is 9.84 Å². The summed E-state index contributed by atoms with van der Waals surface area (Å²) in [6.07, 6.45) is 3.59. The molecule has 4 rings (SSSR count). The molecule has 0 bridgehead atoms. The number of hydrogen-bond donors (Lipinski definition) is 2. The van der Waals surface area contributed by atoms with Crippen molar-refractivity contribution in [1.82, 2.24) is 15.4 Å². The highest BCUT2D eigenvalue weighted by atomic mass is 32.2. The quantitative estimate of drug-likeness (QED) is 0.460. The first-order chi connectivity index (χ1) is 14.5. The highest BCUT2D eigenvalue weighted by Crippen LogP contribution is 2.28. The minimum atomic E-state index is -3.42. The maximum Gasteiger partial charge on any atom is 0.277 e. The van der Waals surface area contributed by atoms with Crippen LogP contribution in [0, 0.1) is 0 Å². The topological polar surface area (TPSA) is 112 Å². The van der Waals surface area contributed by atoms with Gasteiger partial charge in [-0.05, 0) is 52.9 Å². The number of nitrogens with one attached hydrogen (secondary N) is 1. The van der Waals surface area contributed by atoms with Gasteiger partial charge < -0.3 is 4.90 Å². The Balaban J connectivity index is 1.42. The third-order valence-electron chi connectivity index (χ3n) is 5.20. The Morgan fingerprint density at radius 3 is 2.30 bits per heavy atom. The van der Waals surface area contributed by atoms with Crippen molar-refractivity contribution in [3.63, 3.8) is 0 Å². The van der Waals surface area contributed by atoms with Crippen LogP contribution in [-0.4, -0.2) is 47.8 Å². The molecule has 1 saturated heterocycles. The van der Waals surface area contributed by atoms with Crippen molar-refractivity contribution in [2.75, 3.05) is 18.0 Å². The molecular weight excluding hydrogens is 424 g/mol. The third-order valence-corrected chi connectivity index (χ3v) is 8.16. The number of thiophene rings is 1. The number of aromatic nitrogens is 2. The van der Waals surface area contributed by atoms with Crippen LogP contribution in [0.2, 0.25) is 0 Å². The van der Waals surface area contributed by atoms with Gasteiger partial charge in [0.2, 0.25) is 5.95 Å². The average Bonchev–Trinajstić information content (AvgIpc) is 3.34. The third kappa shape index (κ3) is 4.07. The van der Waals surface area contributed by atoms with Crippen LogP contribution < -0.4 is 10.4 Å². The van der Waals surface area contributed by atoms with Gasteiger partial charge in [-0.3, -0.25) is 10.0 Å². The second-order valence-corrected chi connectivity index (χ2v) is 9.99. The predicted molar refractivity (Wildman–Crippen MR) is 113 cm³/mol. The normalized spacial score (nSPS) is 15.2. The van der Waals surface area contributed by atoms with Crippen molar-refractivity contribution < 1.29 is 18.4 Å². The number of amides is 1. The zero-order chi connectivity index (χ0) is 21.1. The monoisotopic (exact) mass is 444 g/mol. The van der Waals surface area contributed by atoms with Crippen LogP contribution >= 0.6 is 11.3 Å². The Bertz CT molecular complexity index is 1110. The summed E-state index contributed by atoms with van der Waals surface area (Å²) >= 11 is 1.60. The van der Waals surface area contributed by atoms with E-state index in [1.54, 1.807) is 23.5 Å². The Kier molecular flexibility index (Phi) is 5.80. The number of nitrogens with zero attached hydrogens (tertiary/aromatic N) is 3. The maximum atomic E-state index is 13.1. The predicted octanol–water partition coefficient (Wildman–Crippen LogP) is 2.77. The van der Waals surface area contributed by atoms with Crippen LogP contribution in [-0.2, 0) is 9.84 Å². The van der Waals surface area contributed by atoms with Gasteiger partial charge >= 0.3 is 0 Å². The number of hydrogen-bond acceptors (Lipinski definition) is 8. The lowest BCUT2D eigenvalue weighted by Crippen LogP contribution is -2.40. The van der Waals surface area contributed by atoms with Crippen molar-refractivity contribution >= 4 is 33.0 Å². The van der Waals surface area contributed by atoms with Crippen molar-refractivity contribution in [3.05, 3.63) is 59.0 Å². The summed E-state index contributed by atoms with van der Waals surface area (Å²) in [6.45, 7) is 1.00. The minimum Gasteiger partial charge on any atom is -0.341 e. The maximum absolute atomic E-state index is 13.1. The van der Waals surface area contributed by atoms with Gasteiger partial charge in [-0.1, -0.05) is 12.1 Å². The Morgan fingerprint density at radius 2 is 1.73 bits per heavy atom. The zero-order valence-electron chi connectivity index (χ0n) is 15.9. The summed E-state index contributed by atoms with van der Waals surface area (Å²) in [5, 5.41) is 12.2. The molecule has 2 N–H and O–H groups in total. The highest BCUT2D eigenvalue weighted by Gasteiger charge is 2.32. The van der Waals surface area contributed by atoms with E-state index in [1.807, 2.05) is 33.9 Å². The summed E-state index contributed by atoms with van der Waals surface area (Å²) in [7, 11) is -3.42. The highest BCUT2D eigenvalue weighted by molar-refractivity contribution is 7.92. The van der Waals surface area contributed by atoms with Crippen molar-refractivity contribution in [2.24, 2.45) is 0 Å². The number of sulfone groups is 1. The van der Waals surface area contributed by atoms with Crippen LogP contribution in [0.1, 0.15) is 23.2 Å². The van der Waals surface area contributed by atoms with Crippen molar-refractivity contribution in [2.45, 2.75) is 23.0 Å². The average molecular weight is 445 g/mol. The molecule has 0 aliphatic carbocycles.